The molecule has 20 heavy (non-hydrogen) atoms. The third-order valence-electron chi connectivity index (χ3n) is 2.53. The number of rotatable bonds is 6. The van der Waals surface area contributed by atoms with Gasteiger partial charge in [0.05, 0.1) is 0 Å². The topological polar surface area (TPSA) is 35.5 Å². The second-order valence-corrected chi connectivity index (χ2v) is 4.69. The maximum absolute atomic E-state index is 11.8. The zero-order valence-electron chi connectivity index (χ0n) is 10.8. The average molecular weight is 286 g/mol. The molecule has 2 aromatic rings. The van der Waals surface area contributed by atoms with Crippen LogP contribution in [0.2, 0.25) is 0 Å². The zero-order chi connectivity index (χ0) is 14.4. The molecule has 0 N–H and O–H groups in total. The molecular formula is C16H14O3S. The van der Waals surface area contributed by atoms with Crippen LogP contribution >= 0.6 is 0 Å². The first-order valence-electron chi connectivity index (χ1n) is 5.94. The standard InChI is InChI=1S/C16H14O3S/c1-13(15-9-5-3-6-10-15)18-20(17)19-14(2)16-11-7-4-8-12-16/h3-12H,1-2H2. The third-order valence-corrected chi connectivity index (χ3v) is 3.20. The molecule has 0 aliphatic rings. The lowest BCUT2D eigenvalue weighted by molar-refractivity contribution is 0.425. The Balaban J connectivity index is 1.93. The van der Waals surface area contributed by atoms with E-state index < -0.39 is 11.4 Å². The molecule has 0 unspecified atom stereocenters. The van der Waals surface area contributed by atoms with E-state index in [1.807, 2.05) is 60.7 Å². The van der Waals surface area contributed by atoms with E-state index in [1.54, 1.807) is 0 Å². The lowest BCUT2D eigenvalue weighted by atomic mass is 10.2. The second kappa shape index (κ2) is 6.73. The Labute approximate surface area is 121 Å². The highest BCUT2D eigenvalue weighted by Crippen LogP contribution is 2.19. The molecule has 0 saturated heterocycles. The number of hydrogen-bond acceptors (Lipinski definition) is 3. The summed E-state index contributed by atoms with van der Waals surface area (Å²) in [6.45, 7) is 7.44. The Morgan fingerprint density at radius 2 is 1.10 bits per heavy atom. The fourth-order valence-electron chi connectivity index (χ4n) is 1.53. The SMILES string of the molecule is C=C(OS(=O)OC(=C)c1ccccc1)c1ccccc1. The summed E-state index contributed by atoms with van der Waals surface area (Å²) in [6, 6.07) is 18.4. The van der Waals surface area contributed by atoms with Gasteiger partial charge in [0.1, 0.15) is 11.5 Å². The van der Waals surface area contributed by atoms with Gasteiger partial charge in [-0.25, -0.2) is 0 Å². The molecule has 3 nitrogen and oxygen atoms in total. The Morgan fingerprint density at radius 1 is 0.750 bits per heavy atom. The van der Waals surface area contributed by atoms with Crippen molar-refractivity contribution in [2.24, 2.45) is 0 Å². The molecule has 0 aliphatic heterocycles. The minimum Gasteiger partial charge on any atom is -0.371 e. The van der Waals surface area contributed by atoms with Crippen molar-refractivity contribution in [3.63, 3.8) is 0 Å². The van der Waals surface area contributed by atoms with E-state index in [4.69, 9.17) is 8.37 Å². The van der Waals surface area contributed by atoms with Crippen LogP contribution in [0.1, 0.15) is 11.1 Å². The summed E-state index contributed by atoms with van der Waals surface area (Å²) in [5.41, 5.74) is 1.49. The van der Waals surface area contributed by atoms with Gasteiger partial charge in [-0.05, 0) is 0 Å². The molecule has 4 heteroatoms. The number of benzene rings is 2. The van der Waals surface area contributed by atoms with E-state index in [0.29, 0.717) is 0 Å². The quantitative estimate of drug-likeness (QED) is 0.754. The Morgan fingerprint density at radius 3 is 1.45 bits per heavy atom. The molecule has 0 radical (unpaired) electrons. The molecule has 2 rings (SSSR count). The monoisotopic (exact) mass is 286 g/mol. The van der Waals surface area contributed by atoms with E-state index in [1.165, 1.54) is 0 Å². The van der Waals surface area contributed by atoms with Crippen molar-refractivity contribution in [2.75, 3.05) is 0 Å². The summed E-state index contributed by atoms with van der Waals surface area (Å²) in [4.78, 5) is 0. The highest BCUT2D eigenvalue weighted by atomic mass is 32.2. The van der Waals surface area contributed by atoms with Gasteiger partial charge >= 0.3 is 11.4 Å². The first kappa shape index (κ1) is 14.1. The van der Waals surface area contributed by atoms with Crippen LogP contribution < -0.4 is 0 Å². The van der Waals surface area contributed by atoms with Crippen LogP contribution in [0.3, 0.4) is 0 Å². The normalized spacial score (nSPS) is 10.1. The van der Waals surface area contributed by atoms with Crippen LogP contribution in [-0.4, -0.2) is 4.21 Å². The van der Waals surface area contributed by atoms with Gasteiger partial charge in [-0.15, -0.1) is 0 Å². The predicted molar refractivity (Wildman–Crippen MR) is 81.3 cm³/mol. The van der Waals surface area contributed by atoms with Crippen molar-refractivity contribution < 1.29 is 12.6 Å². The molecule has 0 spiro atoms. The first-order chi connectivity index (χ1) is 9.66. The van der Waals surface area contributed by atoms with Gasteiger partial charge in [0.2, 0.25) is 0 Å². The molecule has 0 saturated carbocycles. The van der Waals surface area contributed by atoms with E-state index in [0.717, 1.165) is 11.1 Å². The third kappa shape index (κ3) is 3.83. The van der Waals surface area contributed by atoms with Gasteiger partial charge in [-0.1, -0.05) is 73.8 Å². The van der Waals surface area contributed by atoms with Crippen molar-refractivity contribution in [1.82, 2.24) is 0 Å². The van der Waals surface area contributed by atoms with Crippen LogP contribution in [0.4, 0.5) is 0 Å². The van der Waals surface area contributed by atoms with Crippen molar-refractivity contribution in [3.8, 4) is 0 Å². The Hall–Kier alpha value is -2.33. The maximum atomic E-state index is 11.8. The highest BCUT2D eigenvalue weighted by Gasteiger charge is 2.10. The molecule has 0 heterocycles. The largest absolute Gasteiger partial charge is 0.417 e. The minimum absolute atomic E-state index is 0.282. The average Bonchev–Trinajstić information content (AvgIpc) is 2.49. The highest BCUT2D eigenvalue weighted by molar-refractivity contribution is 7.75. The van der Waals surface area contributed by atoms with E-state index >= 15 is 0 Å². The predicted octanol–water partition coefficient (Wildman–Crippen LogP) is 3.94. The molecule has 2 aromatic carbocycles. The Kier molecular flexibility index (Phi) is 4.74. The second-order valence-electron chi connectivity index (χ2n) is 3.95. The van der Waals surface area contributed by atoms with Crippen molar-refractivity contribution in [3.05, 3.63) is 84.9 Å². The molecular weight excluding hydrogens is 272 g/mol. The van der Waals surface area contributed by atoms with Crippen LogP contribution in [0.5, 0.6) is 0 Å². The van der Waals surface area contributed by atoms with E-state index in [9.17, 15) is 4.21 Å². The summed E-state index contributed by atoms with van der Waals surface area (Å²) in [6.07, 6.45) is 0. The summed E-state index contributed by atoms with van der Waals surface area (Å²) in [5.74, 6) is 0.564. The molecule has 0 aliphatic carbocycles. The van der Waals surface area contributed by atoms with Crippen LogP contribution in [0.25, 0.3) is 11.5 Å². The van der Waals surface area contributed by atoms with Crippen molar-refractivity contribution in [1.29, 1.82) is 0 Å². The fraction of sp³-hybridized carbons (Fsp3) is 0. The fourth-order valence-corrected chi connectivity index (χ4v) is 2.08. The van der Waals surface area contributed by atoms with Gasteiger partial charge in [-0.3, -0.25) is 0 Å². The molecule has 0 atom stereocenters. The van der Waals surface area contributed by atoms with Crippen molar-refractivity contribution >= 4 is 22.9 Å². The minimum atomic E-state index is -1.98. The van der Waals surface area contributed by atoms with Gasteiger partial charge in [0.25, 0.3) is 0 Å². The molecule has 0 amide bonds. The smallest absolute Gasteiger partial charge is 0.371 e. The van der Waals surface area contributed by atoms with E-state index in [-0.39, 0.29) is 11.5 Å². The zero-order valence-corrected chi connectivity index (χ0v) is 11.6. The van der Waals surface area contributed by atoms with E-state index in [2.05, 4.69) is 13.2 Å². The lowest BCUT2D eigenvalue weighted by Crippen LogP contribution is -2.00. The van der Waals surface area contributed by atoms with Gasteiger partial charge in [-0.2, -0.15) is 4.21 Å². The first-order valence-corrected chi connectivity index (χ1v) is 6.94. The van der Waals surface area contributed by atoms with Crippen LogP contribution in [0.15, 0.2) is 73.8 Å². The molecule has 0 aromatic heterocycles. The van der Waals surface area contributed by atoms with Gasteiger partial charge < -0.3 is 8.37 Å². The van der Waals surface area contributed by atoms with Gasteiger partial charge in [0.15, 0.2) is 0 Å². The molecule has 102 valence electrons. The summed E-state index contributed by atoms with van der Waals surface area (Å²) in [7, 11) is 0. The van der Waals surface area contributed by atoms with Gasteiger partial charge in [0, 0.05) is 11.1 Å². The Bertz CT molecular complexity index is 565. The van der Waals surface area contributed by atoms with Crippen LogP contribution in [-0.2, 0) is 19.7 Å². The lowest BCUT2D eigenvalue weighted by Gasteiger charge is -2.09. The maximum Gasteiger partial charge on any atom is 0.417 e. The van der Waals surface area contributed by atoms with Crippen molar-refractivity contribution in [2.45, 2.75) is 0 Å². The number of hydrogen-bond donors (Lipinski definition) is 0. The molecule has 0 bridgehead atoms. The summed E-state index contributed by atoms with van der Waals surface area (Å²) in [5, 5.41) is 0. The molecule has 0 fully saturated rings. The summed E-state index contributed by atoms with van der Waals surface area (Å²) >= 11 is -1.98. The van der Waals surface area contributed by atoms with Crippen LogP contribution in [0, 0.1) is 0 Å². The summed E-state index contributed by atoms with van der Waals surface area (Å²) < 4.78 is 22.0.